The Balaban J connectivity index is 2.09. The molecule has 0 unspecified atom stereocenters. The number of carboxylic acid groups (broad SMARTS) is 1. The van der Waals surface area contributed by atoms with Gasteiger partial charge in [0.05, 0.1) is 25.4 Å². The van der Waals surface area contributed by atoms with Crippen LogP contribution in [0.1, 0.15) is 54.6 Å². The lowest BCUT2D eigenvalue weighted by Crippen LogP contribution is -2.16. The van der Waals surface area contributed by atoms with Crippen molar-refractivity contribution in [2.75, 3.05) is 19.8 Å². The largest absolute Gasteiger partial charge is 0.481 e. The van der Waals surface area contributed by atoms with Crippen molar-refractivity contribution in [3.05, 3.63) is 59.2 Å². The van der Waals surface area contributed by atoms with Crippen molar-refractivity contribution < 1.29 is 60.3 Å². The topological polar surface area (TPSA) is 135 Å². The Morgan fingerprint density at radius 2 is 1.54 bits per heavy atom. The number of ether oxygens (including phenoxy) is 2. The number of phosphoric acid groups is 1. The van der Waals surface area contributed by atoms with E-state index in [-0.39, 0.29) is 44.8 Å². The highest BCUT2D eigenvalue weighted by Gasteiger charge is 2.32. The SMILES string of the molecule is CCOP(=O)(OCC)OCCc1ccc(OC(=O)c2ccc(C(F)(F)F)cc2OC(=O)CCCC(=O)O)cc1. The predicted octanol–water partition coefficient (Wildman–Crippen LogP) is 5.83. The molecule has 0 fully saturated rings. The van der Waals surface area contributed by atoms with Crippen molar-refractivity contribution in [2.24, 2.45) is 0 Å². The monoisotopic (exact) mass is 576 g/mol. The van der Waals surface area contributed by atoms with E-state index in [1.54, 1.807) is 26.0 Å². The van der Waals surface area contributed by atoms with Crippen LogP contribution in [-0.2, 0) is 40.3 Å². The molecule has 0 amide bonds. The number of alkyl halides is 3. The highest BCUT2D eigenvalue weighted by atomic mass is 31.2. The lowest BCUT2D eigenvalue weighted by atomic mass is 10.1. The van der Waals surface area contributed by atoms with Gasteiger partial charge in [0.15, 0.2) is 0 Å². The van der Waals surface area contributed by atoms with Gasteiger partial charge in [-0.1, -0.05) is 12.1 Å². The van der Waals surface area contributed by atoms with Gasteiger partial charge in [-0.25, -0.2) is 9.36 Å². The summed E-state index contributed by atoms with van der Waals surface area (Å²) in [6.07, 6.45) is -5.27. The summed E-state index contributed by atoms with van der Waals surface area (Å²) in [5.74, 6) is -3.85. The second-order valence-electron chi connectivity index (χ2n) is 7.83. The molecule has 0 radical (unpaired) electrons. The maximum absolute atomic E-state index is 13.2. The van der Waals surface area contributed by atoms with Gasteiger partial charge in [0.2, 0.25) is 0 Å². The summed E-state index contributed by atoms with van der Waals surface area (Å²) in [4.78, 5) is 35.4. The highest BCUT2D eigenvalue weighted by molar-refractivity contribution is 7.48. The maximum Gasteiger partial charge on any atom is 0.474 e. The molecule has 0 aliphatic carbocycles. The standard InChI is InChI=1S/C25H28F3O10P/c1-3-34-39(33,35-4-2)36-15-14-17-8-11-19(12-9-17)37-24(32)20-13-10-18(25(26,27)28)16-21(20)38-23(31)7-5-6-22(29)30/h8-13,16H,3-7,14-15H2,1-2H3,(H,29,30). The van der Waals surface area contributed by atoms with Gasteiger partial charge in [-0.3, -0.25) is 23.2 Å². The Morgan fingerprint density at radius 1 is 0.897 bits per heavy atom. The van der Waals surface area contributed by atoms with E-state index in [4.69, 9.17) is 28.2 Å². The Labute approximate surface area is 222 Å². The van der Waals surface area contributed by atoms with Crippen molar-refractivity contribution in [1.82, 2.24) is 0 Å². The second kappa shape index (κ2) is 14.8. The van der Waals surface area contributed by atoms with Crippen LogP contribution in [0, 0.1) is 0 Å². The molecule has 0 bridgehead atoms. The molecule has 2 aromatic rings. The van der Waals surface area contributed by atoms with Crippen LogP contribution >= 0.6 is 7.82 Å². The van der Waals surface area contributed by atoms with E-state index in [0.717, 1.165) is 11.6 Å². The van der Waals surface area contributed by atoms with Gasteiger partial charge in [0.25, 0.3) is 0 Å². The number of phosphoric ester groups is 1. The molecule has 0 aromatic heterocycles. The summed E-state index contributed by atoms with van der Waals surface area (Å²) in [6.45, 7) is 3.59. The van der Waals surface area contributed by atoms with Crippen LogP contribution < -0.4 is 9.47 Å². The molecule has 0 heterocycles. The van der Waals surface area contributed by atoms with Gasteiger partial charge in [0, 0.05) is 12.8 Å². The predicted molar refractivity (Wildman–Crippen MR) is 130 cm³/mol. The van der Waals surface area contributed by atoms with E-state index in [0.29, 0.717) is 18.6 Å². The first-order valence-electron chi connectivity index (χ1n) is 11.9. The van der Waals surface area contributed by atoms with E-state index in [9.17, 15) is 32.1 Å². The Bertz CT molecular complexity index is 1170. The minimum atomic E-state index is -4.77. The first kappa shape index (κ1) is 32.0. The van der Waals surface area contributed by atoms with Gasteiger partial charge in [0.1, 0.15) is 17.1 Å². The minimum Gasteiger partial charge on any atom is -0.481 e. The quantitative estimate of drug-likeness (QED) is 0.157. The van der Waals surface area contributed by atoms with E-state index < -0.39 is 48.8 Å². The number of rotatable bonds is 15. The van der Waals surface area contributed by atoms with Crippen molar-refractivity contribution >= 4 is 25.7 Å². The summed E-state index contributed by atoms with van der Waals surface area (Å²) in [5.41, 5.74) is -0.869. The van der Waals surface area contributed by atoms with E-state index in [2.05, 4.69) is 0 Å². The zero-order chi connectivity index (χ0) is 29.1. The lowest BCUT2D eigenvalue weighted by molar-refractivity contribution is -0.140. The Morgan fingerprint density at radius 3 is 2.10 bits per heavy atom. The highest BCUT2D eigenvalue weighted by Crippen LogP contribution is 2.49. The van der Waals surface area contributed by atoms with Crippen LogP contribution in [0.15, 0.2) is 42.5 Å². The molecule has 214 valence electrons. The number of hydrogen-bond donors (Lipinski definition) is 1. The number of esters is 2. The van der Waals surface area contributed by atoms with Gasteiger partial charge in [-0.2, -0.15) is 13.2 Å². The van der Waals surface area contributed by atoms with Gasteiger partial charge in [-0.15, -0.1) is 0 Å². The fraction of sp³-hybridized carbons (Fsp3) is 0.400. The summed E-state index contributed by atoms with van der Waals surface area (Å²) in [5, 5.41) is 8.66. The molecule has 39 heavy (non-hydrogen) atoms. The first-order chi connectivity index (χ1) is 18.4. The summed E-state index contributed by atoms with van der Waals surface area (Å²) in [6, 6.07) is 8.01. The second-order valence-corrected chi connectivity index (χ2v) is 9.50. The third-order valence-corrected chi connectivity index (χ3v) is 6.52. The zero-order valence-corrected chi connectivity index (χ0v) is 22.1. The van der Waals surface area contributed by atoms with Crippen LogP contribution in [0.5, 0.6) is 11.5 Å². The third-order valence-electron chi connectivity index (χ3n) is 4.87. The van der Waals surface area contributed by atoms with Gasteiger partial charge < -0.3 is 14.6 Å². The van der Waals surface area contributed by atoms with Crippen LogP contribution in [0.3, 0.4) is 0 Å². The number of hydrogen-bond acceptors (Lipinski definition) is 9. The van der Waals surface area contributed by atoms with Crippen LogP contribution in [0.2, 0.25) is 0 Å². The number of carbonyl (C=O) groups excluding carboxylic acids is 2. The minimum absolute atomic E-state index is 0.0170. The van der Waals surface area contributed by atoms with E-state index >= 15 is 0 Å². The number of halogens is 3. The van der Waals surface area contributed by atoms with Crippen LogP contribution in [-0.4, -0.2) is 42.8 Å². The van der Waals surface area contributed by atoms with Crippen LogP contribution in [0.4, 0.5) is 13.2 Å². The molecular formula is C25H28F3O10P. The van der Waals surface area contributed by atoms with E-state index in [1.807, 2.05) is 0 Å². The number of carboxylic acids is 1. The zero-order valence-electron chi connectivity index (χ0n) is 21.2. The molecule has 0 saturated heterocycles. The van der Waals surface area contributed by atoms with Crippen molar-refractivity contribution in [1.29, 1.82) is 0 Å². The van der Waals surface area contributed by atoms with Gasteiger partial charge in [-0.05, 0) is 62.6 Å². The molecule has 0 atom stereocenters. The molecule has 2 rings (SSSR count). The molecular weight excluding hydrogens is 548 g/mol. The Kier molecular flexibility index (Phi) is 12.1. The Hall–Kier alpha value is -3.25. The molecule has 14 heteroatoms. The molecule has 0 saturated carbocycles. The van der Waals surface area contributed by atoms with Crippen molar-refractivity contribution in [3.8, 4) is 11.5 Å². The smallest absolute Gasteiger partial charge is 0.474 e. The first-order valence-corrected chi connectivity index (χ1v) is 13.3. The summed E-state index contributed by atoms with van der Waals surface area (Å²) >= 11 is 0. The molecule has 0 aliphatic rings. The van der Waals surface area contributed by atoms with Crippen molar-refractivity contribution in [3.63, 3.8) is 0 Å². The van der Waals surface area contributed by atoms with Gasteiger partial charge >= 0.3 is 31.9 Å². The lowest BCUT2D eigenvalue weighted by Gasteiger charge is -2.16. The molecule has 10 nitrogen and oxygen atoms in total. The average molecular weight is 576 g/mol. The van der Waals surface area contributed by atoms with Crippen LogP contribution in [0.25, 0.3) is 0 Å². The molecule has 0 aliphatic heterocycles. The summed E-state index contributed by atoms with van der Waals surface area (Å²) in [7, 11) is -3.66. The third kappa shape index (κ3) is 10.8. The number of benzene rings is 2. The fourth-order valence-corrected chi connectivity index (χ4v) is 4.27. The average Bonchev–Trinajstić information content (AvgIpc) is 2.84. The van der Waals surface area contributed by atoms with E-state index in [1.165, 1.54) is 12.1 Å². The molecule has 1 N–H and O–H groups in total. The fourth-order valence-electron chi connectivity index (χ4n) is 3.10. The molecule has 0 spiro atoms. The summed E-state index contributed by atoms with van der Waals surface area (Å²) < 4.78 is 77.4. The molecule has 2 aromatic carbocycles. The van der Waals surface area contributed by atoms with Crippen molar-refractivity contribution in [2.45, 2.75) is 45.7 Å². The maximum atomic E-state index is 13.2. The number of aliphatic carboxylic acids is 1. The normalized spacial score (nSPS) is 11.7. The number of carbonyl (C=O) groups is 3.